The van der Waals surface area contributed by atoms with Crippen LogP contribution in [0.15, 0.2) is 9.00 Å². The predicted molar refractivity (Wildman–Crippen MR) is 49.9 cm³/mol. The van der Waals surface area contributed by atoms with Gasteiger partial charge in [0.2, 0.25) is 5.69 Å². The molecule has 0 fully saturated rings. The highest BCUT2D eigenvalue weighted by molar-refractivity contribution is 9.10. The average Bonchev–Trinajstić information content (AvgIpc) is 2.28. The molecule has 1 aromatic heterocycles. The number of hydrogen-bond acceptors (Lipinski definition) is 3. The van der Waals surface area contributed by atoms with E-state index in [0.29, 0.717) is 10.2 Å². The third-order valence-electron chi connectivity index (χ3n) is 1.52. The lowest BCUT2D eigenvalue weighted by molar-refractivity contribution is 0.0684. The summed E-state index contributed by atoms with van der Waals surface area (Å²) in [6, 6.07) is 0. The second kappa shape index (κ2) is 3.14. The summed E-state index contributed by atoms with van der Waals surface area (Å²) in [7, 11) is 0. The van der Waals surface area contributed by atoms with E-state index in [2.05, 4.69) is 21.1 Å². The predicted octanol–water partition coefficient (Wildman–Crippen LogP) is 2.43. The Kier molecular flexibility index (Phi) is 2.47. The summed E-state index contributed by atoms with van der Waals surface area (Å²) in [6.45, 7) is 5.76. The third kappa shape index (κ3) is 1.91. The van der Waals surface area contributed by atoms with E-state index in [-0.39, 0.29) is 11.1 Å². The second-order valence-electron chi connectivity index (χ2n) is 3.73. The Morgan fingerprint density at radius 3 is 2.31 bits per heavy atom. The number of halogens is 1. The highest BCUT2D eigenvalue weighted by Crippen LogP contribution is 2.31. The van der Waals surface area contributed by atoms with Crippen molar-refractivity contribution >= 4 is 21.9 Å². The monoisotopic (exact) mass is 247 g/mol. The molecule has 0 saturated carbocycles. The Balaban J connectivity index is 3.22. The molecule has 1 heterocycles. The van der Waals surface area contributed by atoms with Crippen LogP contribution in [0.1, 0.15) is 37.0 Å². The number of carbonyl (C=O) groups is 1. The zero-order valence-electron chi connectivity index (χ0n) is 7.59. The molecular formula is C8H10BrNO3. The summed E-state index contributed by atoms with van der Waals surface area (Å²) < 4.78 is 5.37. The Labute approximate surface area is 84.0 Å². The van der Waals surface area contributed by atoms with Crippen molar-refractivity contribution in [3.05, 3.63) is 15.9 Å². The molecule has 1 N–H and O–H groups in total. The van der Waals surface area contributed by atoms with Gasteiger partial charge in [-0.1, -0.05) is 25.9 Å². The van der Waals surface area contributed by atoms with Crippen LogP contribution in [0.4, 0.5) is 0 Å². The minimum absolute atomic E-state index is 0.0788. The van der Waals surface area contributed by atoms with Crippen molar-refractivity contribution < 1.29 is 14.4 Å². The van der Waals surface area contributed by atoms with E-state index in [4.69, 9.17) is 9.63 Å². The third-order valence-corrected chi connectivity index (χ3v) is 2.25. The van der Waals surface area contributed by atoms with Crippen molar-refractivity contribution in [1.29, 1.82) is 0 Å². The fourth-order valence-electron chi connectivity index (χ4n) is 0.878. The van der Waals surface area contributed by atoms with Crippen molar-refractivity contribution in [3.63, 3.8) is 0 Å². The van der Waals surface area contributed by atoms with Crippen molar-refractivity contribution in [2.45, 2.75) is 26.2 Å². The van der Waals surface area contributed by atoms with Gasteiger partial charge in [-0.3, -0.25) is 0 Å². The first-order valence-electron chi connectivity index (χ1n) is 3.73. The second-order valence-corrected chi connectivity index (χ2v) is 4.52. The minimum Gasteiger partial charge on any atom is -0.476 e. The molecule has 0 aliphatic carbocycles. The van der Waals surface area contributed by atoms with Gasteiger partial charge in [-0.2, -0.15) is 0 Å². The molecule has 0 aliphatic rings. The van der Waals surface area contributed by atoms with E-state index < -0.39 is 5.97 Å². The standard InChI is InChI=1S/C8H10BrNO3/c1-8(2,3)6-4(9)5(7(11)12)10-13-6/h1-3H3,(H,11,12). The summed E-state index contributed by atoms with van der Waals surface area (Å²) in [5.41, 5.74) is -0.329. The molecule has 0 aliphatic heterocycles. The average molecular weight is 248 g/mol. The Morgan fingerprint density at radius 2 is 2.08 bits per heavy atom. The number of nitrogens with zero attached hydrogens (tertiary/aromatic N) is 1. The summed E-state index contributed by atoms with van der Waals surface area (Å²) in [5.74, 6) is -0.545. The summed E-state index contributed by atoms with van der Waals surface area (Å²) >= 11 is 3.15. The van der Waals surface area contributed by atoms with Crippen LogP contribution in [0.3, 0.4) is 0 Å². The van der Waals surface area contributed by atoms with Crippen LogP contribution in [-0.4, -0.2) is 16.2 Å². The lowest BCUT2D eigenvalue weighted by Crippen LogP contribution is -2.10. The number of carboxylic acids is 1. The molecule has 0 radical (unpaired) electrons. The zero-order chi connectivity index (χ0) is 10.2. The van der Waals surface area contributed by atoms with Gasteiger partial charge in [-0.25, -0.2) is 4.79 Å². The fourth-order valence-corrected chi connectivity index (χ4v) is 1.79. The quantitative estimate of drug-likeness (QED) is 0.828. The van der Waals surface area contributed by atoms with Crippen LogP contribution in [0, 0.1) is 0 Å². The van der Waals surface area contributed by atoms with Crippen LogP contribution >= 0.6 is 15.9 Å². The molecule has 0 aromatic carbocycles. The van der Waals surface area contributed by atoms with Gasteiger partial charge in [0, 0.05) is 5.41 Å². The highest BCUT2D eigenvalue weighted by Gasteiger charge is 2.27. The van der Waals surface area contributed by atoms with Gasteiger partial charge < -0.3 is 9.63 Å². The summed E-state index contributed by atoms with van der Waals surface area (Å²) in [5, 5.41) is 12.2. The molecule has 5 heteroatoms. The van der Waals surface area contributed by atoms with E-state index >= 15 is 0 Å². The normalized spacial score (nSPS) is 11.7. The number of aromatic carboxylic acids is 1. The molecular weight excluding hydrogens is 238 g/mol. The molecule has 0 spiro atoms. The number of hydrogen-bond donors (Lipinski definition) is 1. The molecule has 0 bridgehead atoms. The van der Waals surface area contributed by atoms with Crippen molar-refractivity contribution in [2.24, 2.45) is 0 Å². The maximum absolute atomic E-state index is 10.6. The number of rotatable bonds is 1. The Morgan fingerprint density at radius 1 is 1.54 bits per heavy atom. The van der Waals surface area contributed by atoms with Crippen molar-refractivity contribution in [2.75, 3.05) is 0 Å². The van der Waals surface area contributed by atoms with Crippen LogP contribution in [-0.2, 0) is 5.41 Å². The summed E-state index contributed by atoms with van der Waals surface area (Å²) in [6.07, 6.45) is 0. The lowest BCUT2D eigenvalue weighted by atomic mass is 9.93. The van der Waals surface area contributed by atoms with Crippen molar-refractivity contribution in [1.82, 2.24) is 5.16 Å². The molecule has 0 saturated heterocycles. The topological polar surface area (TPSA) is 63.3 Å². The lowest BCUT2D eigenvalue weighted by Gasteiger charge is -2.13. The molecule has 72 valence electrons. The maximum Gasteiger partial charge on any atom is 0.359 e. The number of aromatic nitrogens is 1. The van der Waals surface area contributed by atoms with Crippen LogP contribution in [0.25, 0.3) is 0 Å². The first kappa shape index (κ1) is 10.2. The first-order chi connectivity index (χ1) is 5.84. The number of carboxylic acid groups (broad SMARTS) is 1. The Hall–Kier alpha value is -0.840. The van der Waals surface area contributed by atoms with Gasteiger partial charge in [-0.15, -0.1) is 0 Å². The van der Waals surface area contributed by atoms with Crippen LogP contribution in [0.5, 0.6) is 0 Å². The van der Waals surface area contributed by atoms with Gasteiger partial charge in [0.15, 0.2) is 5.76 Å². The molecule has 0 amide bonds. The fraction of sp³-hybridized carbons (Fsp3) is 0.500. The van der Waals surface area contributed by atoms with Crippen LogP contribution < -0.4 is 0 Å². The van der Waals surface area contributed by atoms with Crippen molar-refractivity contribution in [3.8, 4) is 0 Å². The smallest absolute Gasteiger partial charge is 0.359 e. The van der Waals surface area contributed by atoms with Crippen LogP contribution in [0.2, 0.25) is 0 Å². The minimum atomic E-state index is -1.09. The van der Waals surface area contributed by atoms with Gasteiger partial charge in [0.25, 0.3) is 0 Å². The molecule has 1 aromatic rings. The Bertz CT molecular complexity index is 338. The molecule has 13 heavy (non-hydrogen) atoms. The SMILES string of the molecule is CC(C)(C)c1onc(C(=O)O)c1Br. The molecule has 4 nitrogen and oxygen atoms in total. The molecule has 0 unspecified atom stereocenters. The molecule has 0 atom stereocenters. The van der Waals surface area contributed by atoms with E-state index in [9.17, 15) is 4.79 Å². The van der Waals surface area contributed by atoms with E-state index in [0.717, 1.165) is 0 Å². The van der Waals surface area contributed by atoms with E-state index in [1.54, 1.807) is 0 Å². The zero-order valence-corrected chi connectivity index (χ0v) is 9.17. The highest BCUT2D eigenvalue weighted by atomic mass is 79.9. The van der Waals surface area contributed by atoms with E-state index in [1.165, 1.54) is 0 Å². The van der Waals surface area contributed by atoms with Gasteiger partial charge in [0.05, 0.1) is 4.47 Å². The summed E-state index contributed by atoms with van der Waals surface area (Å²) in [4.78, 5) is 10.6. The van der Waals surface area contributed by atoms with Gasteiger partial charge in [0.1, 0.15) is 0 Å². The van der Waals surface area contributed by atoms with Gasteiger partial charge in [-0.05, 0) is 15.9 Å². The largest absolute Gasteiger partial charge is 0.476 e. The first-order valence-corrected chi connectivity index (χ1v) is 4.52. The molecule has 1 rings (SSSR count). The maximum atomic E-state index is 10.6. The van der Waals surface area contributed by atoms with E-state index in [1.807, 2.05) is 20.8 Å². The van der Waals surface area contributed by atoms with Gasteiger partial charge >= 0.3 is 5.97 Å².